The highest BCUT2D eigenvalue weighted by atomic mass is 35.5. The molecule has 0 aliphatic carbocycles. The highest BCUT2D eigenvalue weighted by molar-refractivity contribution is 6.44. The van der Waals surface area contributed by atoms with Gasteiger partial charge in [-0.3, -0.25) is 0 Å². The minimum absolute atomic E-state index is 0.109. The van der Waals surface area contributed by atoms with Gasteiger partial charge in [-0.25, -0.2) is 9.78 Å². The maximum absolute atomic E-state index is 11.4. The van der Waals surface area contributed by atoms with E-state index < -0.39 is 5.97 Å². The van der Waals surface area contributed by atoms with Crippen LogP contribution in [-0.2, 0) is 4.74 Å². The topological polar surface area (TPSA) is 39.2 Å². The Morgan fingerprint density at radius 2 is 1.65 bits per heavy atom. The van der Waals surface area contributed by atoms with Crippen LogP contribution < -0.4 is 0 Å². The number of methoxy groups -OCH3 is 1. The fraction of sp³-hybridized carbons (Fsp3) is 0.0769. The average molecular weight is 351 g/mol. The number of carbonyl (C=O) groups is 1. The summed E-state index contributed by atoms with van der Waals surface area (Å²) in [6, 6.07) is 6.22. The molecule has 104 valence electrons. The van der Waals surface area contributed by atoms with Crippen molar-refractivity contribution in [3.05, 3.63) is 50.2 Å². The summed E-state index contributed by atoms with van der Waals surface area (Å²) < 4.78 is 4.57. The summed E-state index contributed by atoms with van der Waals surface area (Å²) in [6.45, 7) is 0. The quantitative estimate of drug-likeness (QED) is 0.427. The monoisotopic (exact) mass is 349 g/mol. The van der Waals surface area contributed by atoms with Crippen molar-refractivity contribution in [2.45, 2.75) is 0 Å². The number of nitrogens with zero attached hydrogens (tertiary/aromatic N) is 1. The summed E-state index contributed by atoms with van der Waals surface area (Å²) in [5, 5.41) is 1.19. The van der Waals surface area contributed by atoms with Crippen LogP contribution in [0.4, 0.5) is 0 Å². The van der Waals surface area contributed by atoms with E-state index in [0.717, 1.165) is 0 Å². The highest BCUT2D eigenvalue weighted by Gasteiger charge is 2.15. The molecule has 1 heterocycles. The van der Waals surface area contributed by atoms with Crippen molar-refractivity contribution in [2.75, 3.05) is 7.11 Å². The van der Waals surface area contributed by atoms with Gasteiger partial charge in [0.05, 0.1) is 22.2 Å². The van der Waals surface area contributed by atoms with Crippen LogP contribution in [0.5, 0.6) is 0 Å². The molecule has 0 atom stereocenters. The van der Waals surface area contributed by atoms with E-state index in [2.05, 4.69) is 9.72 Å². The number of carbonyl (C=O) groups excluding carboxylic acids is 1. The van der Waals surface area contributed by atoms with Gasteiger partial charge in [0, 0.05) is 11.1 Å². The Morgan fingerprint density at radius 3 is 2.25 bits per heavy atom. The first-order chi connectivity index (χ1) is 9.43. The van der Waals surface area contributed by atoms with Gasteiger partial charge in [0.15, 0.2) is 0 Å². The zero-order chi connectivity index (χ0) is 14.9. The van der Waals surface area contributed by atoms with Crippen LogP contribution in [0.15, 0.2) is 24.3 Å². The van der Waals surface area contributed by atoms with E-state index >= 15 is 0 Å². The molecule has 3 nitrogen and oxygen atoms in total. The minimum Gasteiger partial charge on any atom is -0.464 e. The first-order valence-electron chi connectivity index (χ1n) is 5.34. The van der Waals surface area contributed by atoms with Crippen molar-refractivity contribution >= 4 is 52.4 Å². The van der Waals surface area contributed by atoms with Crippen molar-refractivity contribution in [1.29, 1.82) is 0 Å². The maximum Gasteiger partial charge on any atom is 0.356 e. The predicted molar refractivity (Wildman–Crippen MR) is 81.1 cm³/mol. The molecule has 0 fully saturated rings. The molecule has 0 unspecified atom stereocenters. The highest BCUT2D eigenvalue weighted by Crippen LogP contribution is 2.37. The molecular weight excluding hydrogens is 344 g/mol. The molecule has 7 heteroatoms. The van der Waals surface area contributed by atoms with Crippen LogP contribution in [0.25, 0.3) is 11.1 Å². The van der Waals surface area contributed by atoms with Gasteiger partial charge in [0.2, 0.25) is 0 Å². The lowest BCUT2D eigenvalue weighted by atomic mass is 10.1. The lowest BCUT2D eigenvalue weighted by molar-refractivity contribution is 0.0594. The third-order valence-corrected chi connectivity index (χ3v) is 3.87. The van der Waals surface area contributed by atoms with Gasteiger partial charge in [-0.05, 0) is 24.3 Å². The van der Waals surface area contributed by atoms with Gasteiger partial charge in [0.1, 0.15) is 10.8 Å². The summed E-state index contributed by atoms with van der Waals surface area (Å²) >= 11 is 24.0. The summed E-state index contributed by atoms with van der Waals surface area (Å²) in [7, 11) is 1.27. The molecule has 0 saturated heterocycles. The summed E-state index contributed by atoms with van der Waals surface area (Å²) in [5.74, 6) is -0.571. The van der Waals surface area contributed by atoms with Gasteiger partial charge in [-0.2, -0.15) is 0 Å². The number of hydrogen-bond acceptors (Lipinski definition) is 3. The molecule has 0 amide bonds. The van der Waals surface area contributed by atoms with Crippen LogP contribution in [0.2, 0.25) is 20.2 Å². The average Bonchev–Trinajstić information content (AvgIpc) is 2.42. The maximum atomic E-state index is 11.4. The number of esters is 1. The Labute approximate surface area is 135 Å². The van der Waals surface area contributed by atoms with Gasteiger partial charge >= 0.3 is 5.97 Å². The second-order valence-electron chi connectivity index (χ2n) is 3.77. The first-order valence-corrected chi connectivity index (χ1v) is 6.85. The first kappa shape index (κ1) is 15.4. The van der Waals surface area contributed by atoms with Crippen LogP contribution in [0.1, 0.15) is 10.5 Å². The standard InChI is InChI=1S/C13H7Cl4NO2/c1-20-13(19)11-3-2-6(12(17)18-11)7-4-9(15)10(16)5-8(7)14/h2-5H,1H3. The Bertz CT molecular complexity index is 688. The molecule has 20 heavy (non-hydrogen) atoms. The van der Waals surface area contributed by atoms with E-state index in [0.29, 0.717) is 26.2 Å². The zero-order valence-corrected chi connectivity index (χ0v) is 13.1. The molecule has 2 rings (SSSR count). The van der Waals surface area contributed by atoms with Crippen LogP contribution in [-0.4, -0.2) is 18.1 Å². The number of halogens is 4. The fourth-order valence-corrected chi connectivity index (χ4v) is 2.49. The third-order valence-electron chi connectivity index (χ3n) is 2.54. The number of pyridine rings is 1. The molecule has 0 aliphatic heterocycles. The molecule has 1 aromatic carbocycles. The lowest BCUT2D eigenvalue weighted by Crippen LogP contribution is -2.04. The predicted octanol–water partition coefficient (Wildman–Crippen LogP) is 5.15. The van der Waals surface area contributed by atoms with E-state index in [1.54, 1.807) is 12.1 Å². The third kappa shape index (κ3) is 3.01. The Kier molecular flexibility index (Phi) is 4.76. The van der Waals surface area contributed by atoms with Crippen molar-refractivity contribution in [3.8, 4) is 11.1 Å². The zero-order valence-electron chi connectivity index (χ0n) is 10.1. The van der Waals surface area contributed by atoms with Crippen molar-refractivity contribution in [2.24, 2.45) is 0 Å². The smallest absolute Gasteiger partial charge is 0.356 e. The number of benzene rings is 1. The molecule has 0 bridgehead atoms. The Hall–Kier alpha value is -1.000. The lowest BCUT2D eigenvalue weighted by Gasteiger charge is -2.09. The molecule has 0 N–H and O–H groups in total. The fourth-order valence-electron chi connectivity index (χ4n) is 1.58. The van der Waals surface area contributed by atoms with Crippen LogP contribution in [0, 0.1) is 0 Å². The molecule has 0 aliphatic rings. The van der Waals surface area contributed by atoms with Crippen molar-refractivity contribution in [3.63, 3.8) is 0 Å². The van der Waals surface area contributed by atoms with Crippen molar-refractivity contribution < 1.29 is 9.53 Å². The molecule has 0 radical (unpaired) electrons. The number of hydrogen-bond donors (Lipinski definition) is 0. The molecule has 2 aromatic rings. The number of rotatable bonds is 2. The summed E-state index contributed by atoms with van der Waals surface area (Å²) in [5.41, 5.74) is 1.23. The molecule has 0 spiro atoms. The van der Waals surface area contributed by atoms with Crippen LogP contribution >= 0.6 is 46.4 Å². The van der Waals surface area contributed by atoms with E-state index in [1.807, 2.05) is 0 Å². The SMILES string of the molecule is COC(=O)c1ccc(-c2cc(Cl)c(Cl)cc2Cl)c(Cl)n1. The van der Waals surface area contributed by atoms with Gasteiger partial charge in [-0.15, -0.1) is 0 Å². The second kappa shape index (κ2) is 6.19. The minimum atomic E-state index is -0.571. The molecule has 0 saturated carbocycles. The van der Waals surface area contributed by atoms with E-state index in [9.17, 15) is 4.79 Å². The van der Waals surface area contributed by atoms with E-state index in [-0.39, 0.29) is 10.8 Å². The number of ether oxygens (including phenoxy) is 1. The number of aromatic nitrogens is 1. The van der Waals surface area contributed by atoms with Gasteiger partial charge < -0.3 is 4.74 Å². The summed E-state index contributed by atoms with van der Waals surface area (Å²) in [6.07, 6.45) is 0. The normalized spacial score (nSPS) is 10.4. The van der Waals surface area contributed by atoms with Gasteiger partial charge in [0.25, 0.3) is 0 Å². The largest absolute Gasteiger partial charge is 0.464 e. The van der Waals surface area contributed by atoms with Gasteiger partial charge in [-0.1, -0.05) is 46.4 Å². The molecular formula is C13H7Cl4NO2. The van der Waals surface area contributed by atoms with E-state index in [1.165, 1.54) is 19.2 Å². The van der Waals surface area contributed by atoms with Crippen LogP contribution in [0.3, 0.4) is 0 Å². The molecule has 1 aromatic heterocycles. The Balaban J connectivity index is 2.54. The second-order valence-corrected chi connectivity index (χ2v) is 5.35. The Morgan fingerprint density at radius 1 is 1.00 bits per heavy atom. The van der Waals surface area contributed by atoms with E-state index in [4.69, 9.17) is 46.4 Å². The van der Waals surface area contributed by atoms with Crippen molar-refractivity contribution in [1.82, 2.24) is 4.98 Å². The summed E-state index contributed by atoms with van der Waals surface area (Å²) in [4.78, 5) is 15.3.